The Hall–Kier alpha value is -4.08. The quantitative estimate of drug-likeness (QED) is 0.116. The molecule has 15 heteroatoms. The molecule has 244 valence electrons. The number of halogens is 2. The predicted octanol–water partition coefficient (Wildman–Crippen LogP) is 3.68. The van der Waals surface area contributed by atoms with Gasteiger partial charge in [-0.3, -0.25) is 14.6 Å². The molecule has 1 aliphatic carbocycles. The Bertz CT molecular complexity index is 1430. The maximum atomic E-state index is 13.7. The molecular weight excluding hydrogens is 606 g/mol. The minimum Gasteiger partial charge on any atom is -0.441 e. The molecule has 0 spiro atoms. The van der Waals surface area contributed by atoms with Gasteiger partial charge in [0.15, 0.2) is 18.8 Å². The van der Waals surface area contributed by atoms with E-state index in [0.29, 0.717) is 22.7 Å². The molecule has 3 aromatic heterocycles. The number of nitrogens with two attached hydrogens (primary N) is 1. The molecule has 0 bridgehead atoms. The van der Waals surface area contributed by atoms with Gasteiger partial charge in [-0.1, -0.05) is 19.3 Å². The number of hydrogen-bond acceptors (Lipinski definition) is 12. The topological polar surface area (TPSA) is 170 Å². The lowest BCUT2D eigenvalue weighted by Gasteiger charge is -2.17. The molecule has 3 aromatic rings. The van der Waals surface area contributed by atoms with Crippen molar-refractivity contribution >= 4 is 35.5 Å². The third-order valence-electron chi connectivity index (χ3n) is 6.82. The van der Waals surface area contributed by atoms with Crippen molar-refractivity contribution in [3.8, 4) is 10.6 Å². The molecule has 0 radical (unpaired) electrons. The molecule has 0 amide bonds. The largest absolute Gasteiger partial charge is 0.441 e. The lowest BCUT2D eigenvalue weighted by Crippen LogP contribution is -2.32. The van der Waals surface area contributed by atoms with E-state index in [1.54, 1.807) is 38.0 Å². The normalized spacial score (nSPS) is 17.0. The van der Waals surface area contributed by atoms with Gasteiger partial charge in [-0.2, -0.15) is 9.49 Å². The summed E-state index contributed by atoms with van der Waals surface area (Å²) in [5, 5.41) is 20.0. The van der Waals surface area contributed by atoms with E-state index in [1.807, 2.05) is 0 Å². The van der Waals surface area contributed by atoms with Crippen LogP contribution in [0.3, 0.4) is 0 Å². The standard InChI is InChI=1S/C15H20F2N4.C13H14N4O3S.C2H6O/c1-19-12(9-20-10-5-3-2-4-6-10)14(18)15-11(16)7-8-13(17)21-15;18-6-10-7-21-12(16-10)9-4-15-17(5-9)8-20-13(19)11-2-1-3-14-11;1-2-3/h7-10,19H,2-6,18H2,1H3;4-7,11,14H,1-3,8H2;3H,2H2,1H3/b14-12+,20-9?;;. The van der Waals surface area contributed by atoms with Crippen LogP contribution in [0, 0.1) is 11.8 Å². The van der Waals surface area contributed by atoms with E-state index < -0.39 is 11.8 Å². The molecule has 2 aliphatic rings. The van der Waals surface area contributed by atoms with Crippen molar-refractivity contribution in [2.45, 2.75) is 70.7 Å². The minimum atomic E-state index is -0.769. The zero-order valence-electron chi connectivity index (χ0n) is 25.4. The minimum absolute atomic E-state index is 0.0501. The van der Waals surface area contributed by atoms with Gasteiger partial charge < -0.3 is 26.2 Å². The summed E-state index contributed by atoms with van der Waals surface area (Å²) in [6, 6.07) is 2.05. The maximum absolute atomic E-state index is 13.7. The van der Waals surface area contributed by atoms with Crippen LogP contribution < -0.4 is 16.4 Å². The van der Waals surface area contributed by atoms with Crippen molar-refractivity contribution in [1.82, 2.24) is 30.4 Å². The van der Waals surface area contributed by atoms with E-state index in [-0.39, 0.29) is 42.8 Å². The number of ether oxygens (including phenoxy) is 1. The second kappa shape index (κ2) is 18.7. The summed E-state index contributed by atoms with van der Waals surface area (Å²) in [7, 11) is 1.66. The van der Waals surface area contributed by atoms with Crippen molar-refractivity contribution in [2.24, 2.45) is 10.7 Å². The number of rotatable bonds is 9. The number of esters is 1. The van der Waals surface area contributed by atoms with Crippen molar-refractivity contribution in [3.05, 3.63) is 58.8 Å². The average molecular weight is 647 g/mol. The molecule has 0 aromatic carbocycles. The molecule has 5 rings (SSSR count). The fourth-order valence-electron chi connectivity index (χ4n) is 4.55. The molecule has 2 fully saturated rings. The first-order chi connectivity index (χ1) is 21.8. The van der Waals surface area contributed by atoms with Crippen molar-refractivity contribution < 1.29 is 28.2 Å². The highest BCUT2D eigenvalue weighted by atomic mass is 32.1. The van der Waals surface area contributed by atoms with Crippen LogP contribution in [-0.2, 0) is 16.3 Å². The van der Waals surface area contributed by atoms with Crippen LogP contribution in [-0.4, -0.2) is 75.6 Å². The number of aldehydes is 1. The zero-order chi connectivity index (χ0) is 32.6. The molecule has 1 saturated heterocycles. The summed E-state index contributed by atoms with van der Waals surface area (Å²) >= 11 is 1.37. The summed E-state index contributed by atoms with van der Waals surface area (Å²) in [4.78, 5) is 34.5. The van der Waals surface area contributed by atoms with E-state index >= 15 is 0 Å². The van der Waals surface area contributed by atoms with Crippen LogP contribution in [0.2, 0.25) is 0 Å². The fraction of sp³-hybridized carbons (Fsp3) is 0.467. The third kappa shape index (κ3) is 11.1. The van der Waals surface area contributed by atoms with E-state index in [4.69, 9.17) is 15.6 Å². The summed E-state index contributed by atoms with van der Waals surface area (Å²) < 4.78 is 33.6. The lowest BCUT2D eigenvalue weighted by molar-refractivity contribution is -0.150. The van der Waals surface area contributed by atoms with Gasteiger partial charge in [0, 0.05) is 37.0 Å². The van der Waals surface area contributed by atoms with Crippen molar-refractivity contribution in [1.29, 1.82) is 0 Å². The molecule has 1 saturated carbocycles. The predicted molar refractivity (Wildman–Crippen MR) is 168 cm³/mol. The number of aliphatic hydroxyl groups is 1. The van der Waals surface area contributed by atoms with Gasteiger partial charge >= 0.3 is 5.97 Å². The number of pyridine rings is 1. The first kappa shape index (κ1) is 35.4. The smallest absolute Gasteiger partial charge is 0.324 e. The van der Waals surface area contributed by atoms with Crippen LogP contribution in [0.4, 0.5) is 8.78 Å². The van der Waals surface area contributed by atoms with Crippen molar-refractivity contribution in [2.75, 3.05) is 20.2 Å². The van der Waals surface area contributed by atoms with Gasteiger partial charge in [-0.25, -0.2) is 19.0 Å². The van der Waals surface area contributed by atoms with Gasteiger partial charge in [0.1, 0.15) is 22.4 Å². The summed E-state index contributed by atoms with van der Waals surface area (Å²) in [5.41, 5.74) is 7.38. The first-order valence-corrected chi connectivity index (χ1v) is 15.6. The van der Waals surface area contributed by atoms with Gasteiger partial charge in [0.25, 0.3) is 0 Å². The van der Waals surface area contributed by atoms with Gasteiger partial charge in [0.05, 0.1) is 23.6 Å². The molecule has 1 unspecified atom stereocenters. The number of allylic oxidation sites excluding steroid dienone is 1. The highest BCUT2D eigenvalue weighted by molar-refractivity contribution is 7.13. The Kier molecular flexibility index (Phi) is 14.7. The van der Waals surface area contributed by atoms with Crippen LogP contribution in [0.5, 0.6) is 0 Å². The number of carbonyl (C=O) groups excluding carboxylic acids is 2. The number of nitrogens with one attached hydrogen (secondary N) is 2. The molecule has 1 aliphatic heterocycles. The van der Waals surface area contributed by atoms with Crippen molar-refractivity contribution in [3.63, 3.8) is 0 Å². The Balaban J connectivity index is 0.000000226. The molecule has 45 heavy (non-hydrogen) atoms. The first-order valence-electron chi connectivity index (χ1n) is 14.8. The number of aliphatic hydroxyl groups excluding tert-OH is 1. The maximum Gasteiger partial charge on any atom is 0.324 e. The third-order valence-corrected chi connectivity index (χ3v) is 7.73. The Morgan fingerprint density at radius 2 is 2.00 bits per heavy atom. The molecule has 5 N–H and O–H groups in total. The van der Waals surface area contributed by atoms with Crippen LogP contribution >= 0.6 is 11.3 Å². The number of aliphatic imine (C=N–C) groups is 1. The number of hydrogen-bond donors (Lipinski definition) is 4. The second-order valence-electron chi connectivity index (χ2n) is 10.1. The Morgan fingerprint density at radius 3 is 2.64 bits per heavy atom. The molecule has 4 heterocycles. The van der Waals surface area contributed by atoms with E-state index in [1.165, 1.54) is 35.3 Å². The second-order valence-corrected chi connectivity index (χ2v) is 11.0. The summed E-state index contributed by atoms with van der Waals surface area (Å²) in [6.45, 7) is 2.86. The van der Waals surface area contributed by atoms with Crippen LogP contribution in [0.15, 0.2) is 40.6 Å². The van der Waals surface area contributed by atoms with Crippen LogP contribution in [0.1, 0.15) is 68.1 Å². The van der Waals surface area contributed by atoms with Crippen LogP contribution in [0.25, 0.3) is 16.3 Å². The highest BCUT2D eigenvalue weighted by Crippen LogP contribution is 2.23. The number of nitrogens with zero attached hydrogens (tertiary/aromatic N) is 5. The SMILES string of the molecule is CCO.CN/C(C=NC1CCCCC1)=C(/N)c1nc(F)ccc1F.O=Cc1csc(-c2cnn(COC(=O)C3CCCN3)c2)n1. The summed E-state index contributed by atoms with van der Waals surface area (Å²) in [5.74, 6) is -1.68. The van der Waals surface area contributed by atoms with Gasteiger partial charge in [0.2, 0.25) is 5.95 Å². The summed E-state index contributed by atoms with van der Waals surface area (Å²) in [6.07, 6.45) is 13.2. The highest BCUT2D eigenvalue weighted by Gasteiger charge is 2.23. The van der Waals surface area contributed by atoms with E-state index in [9.17, 15) is 18.4 Å². The number of aromatic nitrogens is 4. The lowest BCUT2D eigenvalue weighted by atomic mass is 9.96. The van der Waals surface area contributed by atoms with Gasteiger partial charge in [-0.15, -0.1) is 11.3 Å². The zero-order valence-corrected chi connectivity index (χ0v) is 26.2. The molecule has 12 nitrogen and oxygen atoms in total. The molecule has 1 atom stereocenters. The average Bonchev–Trinajstić information content (AvgIpc) is 3.85. The van der Waals surface area contributed by atoms with Gasteiger partial charge in [-0.05, 0) is 51.3 Å². The number of thiazole rings is 1. The Labute approximate surface area is 264 Å². The molecular formula is C30H40F2N8O4S. The number of carbonyl (C=O) groups is 2. The Morgan fingerprint density at radius 1 is 1.24 bits per heavy atom. The fourth-order valence-corrected chi connectivity index (χ4v) is 5.29. The van der Waals surface area contributed by atoms with E-state index in [2.05, 4.69) is 30.7 Å². The van der Waals surface area contributed by atoms with E-state index in [0.717, 1.165) is 49.9 Å². The monoisotopic (exact) mass is 646 g/mol.